The van der Waals surface area contributed by atoms with Crippen molar-refractivity contribution in [1.82, 2.24) is 9.88 Å². The quantitative estimate of drug-likeness (QED) is 0.634. The second kappa shape index (κ2) is 8.09. The van der Waals surface area contributed by atoms with Crippen LogP contribution in [0.3, 0.4) is 0 Å². The number of carbonyl (C=O) groups excluding carboxylic acids is 2. The van der Waals surface area contributed by atoms with Crippen LogP contribution in [0.5, 0.6) is 0 Å². The Morgan fingerprint density at radius 2 is 1.72 bits per heavy atom. The van der Waals surface area contributed by atoms with Crippen molar-refractivity contribution in [3.05, 3.63) is 65.4 Å². The molecule has 1 aliphatic rings. The summed E-state index contributed by atoms with van der Waals surface area (Å²) in [6.07, 6.45) is 1.80. The molecule has 1 aliphatic heterocycles. The van der Waals surface area contributed by atoms with E-state index in [4.69, 9.17) is 0 Å². The molecule has 1 aromatic heterocycles. The highest BCUT2D eigenvalue weighted by Crippen LogP contribution is 2.20. The van der Waals surface area contributed by atoms with E-state index in [-0.39, 0.29) is 11.8 Å². The molecule has 2 amide bonds. The van der Waals surface area contributed by atoms with Gasteiger partial charge < -0.3 is 20.1 Å². The molecular weight excluding hydrogens is 364 g/mol. The van der Waals surface area contributed by atoms with Crippen LogP contribution in [-0.4, -0.2) is 54.4 Å². The number of anilines is 1. The standard InChI is InChI=1S/C23H26N4O2/c1-16-6-5-7-17(2)22(16)25-21(28)15-26-10-12-27(13-11-26)23(29)19-14-24-20-9-4-3-8-18(19)20/h3-9,14,24H,10-13,15H2,1-2H3,(H,25,28)/p+1. The van der Waals surface area contributed by atoms with Crippen molar-refractivity contribution in [1.29, 1.82) is 0 Å². The number of aryl methyl sites for hydroxylation is 2. The first-order valence-electron chi connectivity index (χ1n) is 10.1. The fourth-order valence-corrected chi connectivity index (χ4v) is 4.04. The minimum absolute atomic E-state index is 0.0220. The molecule has 150 valence electrons. The number of carbonyl (C=O) groups is 2. The summed E-state index contributed by atoms with van der Waals surface area (Å²) in [7, 11) is 0. The zero-order valence-electron chi connectivity index (χ0n) is 16.9. The van der Waals surface area contributed by atoms with Gasteiger partial charge in [-0.15, -0.1) is 0 Å². The zero-order valence-corrected chi connectivity index (χ0v) is 16.9. The number of rotatable bonds is 4. The van der Waals surface area contributed by atoms with E-state index < -0.39 is 0 Å². The van der Waals surface area contributed by atoms with Gasteiger partial charge in [0.1, 0.15) is 0 Å². The smallest absolute Gasteiger partial charge is 0.279 e. The van der Waals surface area contributed by atoms with Gasteiger partial charge in [0, 0.05) is 22.8 Å². The molecule has 4 rings (SSSR count). The van der Waals surface area contributed by atoms with Gasteiger partial charge in [0.15, 0.2) is 6.54 Å². The largest absolute Gasteiger partial charge is 0.360 e. The molecule has 0 radical (unpaired) electrons. The van der Waals surface area contributed by atoms with Crippen LogP contribution in [0.25, 0.3) is 10.9 Å². The van der Waals surface area contributed by atoms with Crippen LogP contribution < -0.4 is 10.2 Å². The zero-order chi connectivity index (χ0) is 20.4. The van der Waals surface area contributed by atoms with Crippen LogP contribution in [0, 0.1) is 13.8 Å². The van der Waals surface area contributed by atoms with Crippen molar-refractivity contribution in [3.63, 3.8) is 0 Å². The number of quaternary nitrogens is 1. The van der Waals surface area contributed by atoms with Crippen LogP contribution in [0.15, 0.2) is 48.7 Å². The van der Waals surface area contributed by atoms with Crippen LogP contribution in [0.1, 0.15) is 21.5 Å². The highest BCUT2D eigenvalue weighted by Gasteiger charge is 2.27. The fraction of sp³-hybridized carbons (Fsp3) is 0.304. The van der Waals surface area contributed by atoms with Crippen molar-refractivity contribution in [3.8, 4) is 0 Å². The van der Waals surface area contributed by atoms with Gasteiger partial charge in [-0.1, -0.05) is 36.4 Å². The van der Waals surface area contributed by atoms with Gasteiger partial charge in [-0.2, -0.15) is 0 Å². The van der Waals surface area contributed by atoms with E-state index in [1.165, 1.54) is 4.90 Å². The van der Waals surface area contributed by atoms with Gasteiger partial charge in [0.25, 0.3) is 11.8 Å². The first-order valence-corrected chi connectivity index (χ1v) is 10.1. The summed E-state index contributed by atoms with van der Waals surface area (Å²) in [4.78, 5) is 31.7. The number of benzene rings is 2. The molecule has 29 heavy (non-hydrogen) atoms. The predicted octanol–water partition coefficient (Wildman–Crippen LogP) is 1.76. The molecule has 2 aromatic carbocycles. The molecule has 0 bridgehead atoms. The Morgan fingerprint density at radius 3 is 2.45 bits per heavy atom. The Hall–Kier alpha value is -3.12. The molecule has 3 N–H and O–H groups in total. The van der Waals surface area contributed by atoms with Crippen LogP contribution >= 0.6 is 0 Å². The second-order valence-electron chi connectivity index (χ2n) is 7.78. The number of amides is 2. The third-order valence-corrected chi connectivity index (χ3v) is 5.73. The average molecular weight is 391 g/mol. The Bertz CT molecular complexity index is 1030. The van der Waals surface area contributed by atoms with Gasteiger partial charge >= 0.3 is 0 Å². The number of piperazine rings is 1. The van der Waals surface area contributed by atoms with Crippen LogP contribution in [0.4, 0.5) is 5.69 Å². The van der Waals surface area contributed by atoms with E-state index >= 15 is 0 Å². The van der Waals surface area contributed by atoms with E-state index in [1.807, 2.05) is 61.2 Å². The van der Waals surface area contributed by atoms with E-state index in [0.717, 1.165) is 46.4 Å². The average Bonchev–Trinajstić information content (AvgIpc) is 3.15. The molecule has 0 atom stereocenters. The lowest BCUT2D eigenvalue weighted by molar-refractivity contribution is -0.895. The maximum absolute atomic E-state index is 12.9. The van der Waals surface area contributed by atoms with Crippen molar-refractivity contribution >= 4 is 28.4 Å². The predicted molar refractivity (Wildman–Crippen MR) is 114 cm³/mol. The van der Waals surface area contributed by atoms with Crippen LogP contribution in [0.2, 0.25) is 0 Å². The summed E-state index contributed by atoms with van der Waals surface area (Å²) in [5.41, 5.74) is 4.75. The molecule has 3 aromatic rings. The molecule has 0 unspecified atom stereocenters. The highest BCUT2D eigenvalue weighted by molar-refractivity contribution is 6.06. The molecule has 6 nitrogen and oxygen atoms in total. The van der Waals surface area contributed by atoms with Crippen molar-refractivity contribution in [2.45, 2.75) is 13.8 Å². The molecular formula is C23H27N4O2+. The molecule has 0 saturated carbocycles. The number of hydrogen-bond acceptors (Lipinski definition) is 2. The Kier molecular flexibility index (Phi) is 5.36. The number of nitrogens with one attached hydrogen (secondary N) is 3. The number of H-pyrrole nitrogens is 1. The lowest BCUT2D eigenvalue weighted by atomic mass is 10.1. The van der Waals surface area contributed by atoms with Gasteiger partial charge in [-0.25, -0.2) is 0 Å². The highest BCUT2D eigenvalue weighted by atomic mass is 16.2. The van der Waals surface area contributed by atoms with E-state index in [2.05, 4.69) is 10.3 Å². The first-order chi connectivity index (χ1) is 14.0. The summed E-state index contributed by atoms with van der Waals surface area (Å²) in [6, 6.07) is 13.9. The van der Waals surface area contributed by atoms with E-state index in [9.17, 15) is 9.59 Å². The molecule has 1 fully saturated rings. The second-order valence-corrected chi connectivity index (χ2v) is 7.78. The SMILES string of the molecule is Cc1cccc(C)c1NC(=O)C[NH+]1CCN(C(=O)c2c[nH]c3ccccc23)CC1. The van der Waals surface area contributed by atoms with Crippen molar-refractivity contribution in [2.75, 3.05) is 38.0 Å². The lowest BCUT2D eigenvalue weighted by Crippen LogP contribution is -3.15. The third kappa shape index (κ3) is 4.03. The summed E-state index contributed by atoms with van der Waals surface area (Å²) < 4.78 is 0. The topological polar surface area (TPSA) is 69.6 Å². The summed E-state index contributed by atoms with van der Waals surface area (Å²) in [6.45, 7) is 7.29. The Balaban J connectivity index is 1.33. The number of fused-ring (bicyclic) bond motifs is 1. The number of para-hydroxylation sites is 2. The van der Waals surface area contributed by atoms with Gasteiger partial charge in [-0.3, -0.25) is 9.59 Å². The van der Waals surface area contributed by atoms with Gasteiger partial charge in [-0.05, 0) is 31.0 Å². The Labute approximate surface area is 170 Å². The fourth-order valence-electron chi connectivity index (χ4n) is 4.04. The maximum atomic E-state index is 12.9. The Morgan fingerprint density at radius 1 is 1.03 bits per heavy atom. The number of aromatic nitrogens is 1. The molecule has 2 heterocycles. The number of hydrogen-bond donors (Lipinski definition) is 3. The monoisotopic (exact) mass is 391 g/mol. The van der Waals surface area contributed by atoms with Crippen LogP contribution in [-0.2, 0) is 4.79 Å². The molecule has 1 saturated heterocycles. The summed E-state index contributed by atoms with van der Waals surface area (Å²) in [5.74, 6) is 0.0790. The number of aromatic amines is 1. The number of nitrogens with zero attached hydrogens (tertiary/aromatic N) is 1. The van der Waals surface area contributed by atoms with E-state index in [1.54, 1.807) is 6.20 Å². The maximum Gasteiger partial charge on any atom is 0.279 e. The van der Waals surface area contributed by atoms with Crippen molar-refractivity contribution < 1.29 is 14.5 Å². The van der Waals surface area contributed by atoms with Gasteiger partial charge in [0.05, 0.1) is 31.7 Å². The normalized spacial score (nSPS) is 14.9. The van der Waals surface area contributed by atoms with Gasteiger partial charge in [0.2, 0.25) is 0 Å². The van der Waals surface area contributed by atoms with Crippen molar-refractivity contribution in [2.24, 2.45) is 0 Å². The minimum atomic E-state index is 0.0220. The molecule has 0 aliphatic carbocycles. The lowest BCUT2D eigenvalue weighted by Gasteiger charge is -2.31. The summed E-state index contributed by atoms with van der Waals surface area (Å²) in [5, 5.41) is 4.02. The van der Waals surface area contributed by atoms with E-state index in [0.29, 0.717) is 19.6 Å². The third-order valence-electron chi connectivity index (χ3n) is 5.73. The molecule has 6 heteroatoms. The minimum Gasteiger partial charge on any atom is -0.360 e. The first kappa shape index (κ1) is 19.2. The molecule has 0 spiro atoms. The summed E-state index contributed by atoms with van der Waals surface area (Å²) >= 11 is 0.